The molecule has 9 heteroatoms. The highest BCUT2D eigenvalue weighted by Gasteiger charge is 2.36. The van der Waals surface area contributed by atoms with Gasteiger partial charge in [0.2, 0.25) is 11.7 Å². The summed E-state index contributed by atoms with van der Waals surface area (Å²) in [6.07, 6.45) is 8.99. The van der Waals surface area contributed by atoms with Crippen LogP contribution in [-0.4, -0.2) is 45.2 Å². The van der Waals surface area contributed by atoms with Gasteiger partial charge in [-0.15, -0.1) is 0 Å². The molecule has 0 spiro atoms. The predicted molar refractivity (Wildman–Crippen MR) is 165 cm³/mol. The summed E-state index contributed by atoms with van der Waals surface area (Å²) in [6.45, 7) is 0.167. The maximum absolute atomic E-state index is 13.9. The van der Waals surface area contributed by atoms with E-state index in [9.17, 15) is 24.0 Å². The maximum Gasteiger partial charge on any atom is 0.289 e. The quantitative estimate of drug-likeness (QED) is 0.211. The molecule has 2 amide bonds. The van der Waals surface area contributed by atoms with Crippen molar-refractivity contribution in [3.05, 3.63) is 72.1 Å². The summed E-state index contributed by atoms with van der Waals surface area (Å²) in [5.41, 5.74) is 2.30. The summed E-state index contributed by atoms with van der Waals surface area (Å²) >= 11 is 0. The monoisotopic (exact) mass is 596 g/mol. The number of nitrogens with zero attached hydrogens (tertiary/aromatic N) is 2. The second kappa shape index (κ2) is 14.9. The van der Waals surface area contributed by atoms with Gasteiger partial charge >= 0.3 is 0 Å². The van der Waals surface area contributed by atoms with E-state index in [-0.39, 0.29) is 42.6 Å². The fourth-order valence-electron chi connectivity index (χ4n) is 6.49. The van der Waals surface area contributed by atoms with Crippen LogP contribution in [0.25, 0.3) is 11.0 Å². The van der Waals surface area contributed by atoms with E-state index in [4.69, 9.17) is 0 Å². The van der Waals surface area contributed by atoms with Gasteiger partial charge in [-0.2, -0.15) is 0 Å². The van der Waals surface area contributed by atoms with E-state index in [2.05, 4.69) is 20.6 Å². The highest BCUT2D eigenvalue weighted by Crippen LogP contribution is 2.31. The number of Topliss-reactive ketones (excluding diaryl/α,β-unsaturated/α-hetero) is 3. The molecule has 1 heterocycles. The van der Waals surface area contributed by atoms with Crippen molar-refractivity contribution in [1.29, 1.82) is 0 Å². The fraction of sp³-hybridized carbons (Fsp3) is 0.457. The summed E-state index contributed by atoms with van der Waals surface area (Å²) in [5, 5.41) is 5.49. The topological polar surface area (TPSA) is 135 Å². The molecule has 0 bridgehead atoms. The molecule has 1 aromatic heterocycles. The lowest BCUT2D eigenvalue weighted by atomic mass is 9.80. The van der Waals surface area contributed by atoms with Crippen LogP contribution in [0.3, 0.4) is 0 Å². The van der Waals surface area contributed by atoms with Crippen molar-refractivity contribution in [2.75, 3.05) is 0 Å². The Hall–Kier alpha value is -4.27. The minimum absolute atomic E-state index is 0.0468. The molecule has 2 saturated carbocycles. The molecule has 230 valence electrons. The second-order valence-corrected chi connectivity index (χ2v) is 12.2. The van der Waals surface area contributed by atoms with Crippen molar-refractivity contribution in [2.24, 2.45) is 17.8 Å². The molecule has 0 saturated heterocycles. The van der Waals surface area contributed by atoms with Crippen molar-refractivity contribution in [1.82, 2.24) is 20.6 Å². The van der Waals surface area contributed by atoms with Crippen molar-refractivity contribution < 1.29 is 24.0 Å². The molecule has 3 atom stereocenters. The van der Waals surface area contributed by atoms with E-state index >= 15 is 0 Å². The second-order valence-electron chi connectivity index (χ2n) is 12.2. The number of hydrogen-bond acceptors (Lipinski definition) is 7. The van der Waals surface area contributed by atoms with Crippen LogP contribution in [0.2, 0.25) is 0 Å². The number of hydrogen-bond donors (Lipinski definition) is 2. The minimum atomic E-state index is -1.16. The van der Waals surface area contributed by atoms with E-state index < -0.39 is 35.5 Å². The lowest BCUT2D eigenvalue weighted by molar-refractivity contribution is -0.141. The number of carbonyl (C=O) groups excluding carboxylic acids is 5. The van der Waals surface area contributed by atoms with Gasteiger partial charge in [0.25, 0.3) is 5.91 Å². The van der Waals surface area contributed by atoms with Gasteiger partial charge in [-0.1, -0.05) is 74.6 Å². The number of nitrogens with one attached hydrogen (secondary N) is 2. The Morgan fingerprint density at radius 2 is 1.57 bits per heavy atom. The fourth-order valence-corrected chi connectivity index (χ4v) is 6.49. The molecule has 9 nitrogen and oxygen atoms in total. The first-order chi connectivity index (χ1) is 21.4. The average molecular weight is 597 g/mol. The molecule has 2 fully saturated rings. The summed E-state index contributed by atoms with van der Waals surface area (Å²) in [4.78, 5) is 75.1. The predicted octanol–water partition coefficient (Wildman–Crippen LogP) is 4.92. The third-order valence-corrected chi connectivity index (χ3v) is 8.98. The highest BCUT2D eigenvalue weighted by atomic mass is 16.2. The van der Waals surface area contributed by atoms with Crippen LogP contribution in [0.1, 0.15) is 86.7 Å². The molecule has 2 N–H and O–H groups in total. The molecule has 0 aliphatic heterocycles. The summed E-state index contributed by atoms with van der Waals surface area (Å²) in [5.74, 6) is -3.10. The van der Waals surface area contributed by atoms with Crippen molar-refractivity contribution in [2.45, 2.75) is 83.2 Å². The first-order valence-corrected chi connectivity index (χ1v) is 15.8. The molecule has 5 rings (SSSR count). The van der Waals surface area contributed by atoms with Gasteiger partial charge in [0.15, 0.2) is 5.78 Å². The molecule has 0 unspecified atom stereocenters. The summed E-state index contributed by atoms with van der Waals surface area (Å²) in [7, 11) is 0. The first-order valence-electron chi connectivity index (χ1n) is 15.8. The van der Waals surface area contributed by atoms with E-state index in [1.807, 2.05) is 48.5 Å². The normalized spacial score (nSPS) is 18.5. The van der Waals surface area contributed by atoms with Crippen LogP contribution in [0, 0.1) is 17.8 Å². The number of amides is 2. The van der Waals surface area contributed by atoms with E-state index in [0.717, 1.165) is 44.1 Å². The third-order valence-electron chi connectivity index (χ3n) is 8.98. The maximum atomic E-state index is 13.9. The van der Waals surface area contributed by atoms with E-state index in [1.54, 1.807) is 6.07 Å². The van der Waals surface area contributed by atoms with Gasteiger partial charge in [0, 0.05) is 31.2 Å². The molecular weight excluding hydrogens is 556 g/mol. The average Bonchev–Trinajstić information content (AvgIpc) is 3.46. The van der Waals surface area contributed by atoms with Crippen molar-refractivity contribution in [3.8, 4) is 0 Å². The van der Waals surface area contributed by atoms with Crippen LogP contribution < -0.4 is 10.6 Å². The van der Waals surface area contributed by atoms with Crippen LogP contribution >= 0.6 is 0 Å². The first kappa shape index (κ1) is 31.2. The zero-order valence-corrected chi connectivity index (χ0v) is 25.0. The molecule has 2 aromatic carbocycles. The number of fused-ring (bicyclic) bond motifs is 1. The Bertz CT molecular complexity index is 1500. The van der Waals surface area contributed by atoms with Gasteiger partial charge in [-0.3, -0.25) is 29.0 Å². The number of para-hydroxylation sites is 2. The number of rotatable bonds is 13. The van der Waals surface area contributed by atoms with E-state index in [0.29, 0.717) is 30.3 Å². The number of carbonyl (C=O) groups is 5. The Morgan fingerprint density at radius 3 is 2.30 bits per heavy atom. The van der Waals surface area contributed by atoms with Crippen LogP contribution in [0.4, 0.5) is 0 Å². The zero-order chi connectivity index (χ0) is 30.9. The third kappa shape index (κ3) is 8.21. The molecule has 2 aliphatic carbocycles. The van der Waals surface area contributed by atoms with Crippen LogP contribution in [-0.2, 0) is 25.7 Å². The number of benzene rings is 2. The molecular formula is C35H40N4O5. The summed E-state index contributed by atoms with van der Waals surface area (Å²) in [6, 6.07) is 15.4. The molecule has 3 aromatic rings. The van der Waals surface area contributed by atoms with Gasteiger partial charge < -0.3 is 10.6 Å². The van der Waals surface area contributed by atoms with Gasteiger partial charge in [0.05, 0.1) is 23.3 Å². The van der Waals surface area contributed by atoms with Gasteiger partial charge in [-0.25, -0.2) is 4.98 Å². The van der Waals surface area contributed by atoms with Gasteiger partial charge in [-0.05, 0) is 49.3 Å². The molecule has 2 aliphatic rings. The van der Waals surface area contributed by atoms with Gasteiger partial charge in [0.1, 0.15) is 11.5 Å². The number of aromatic nitrogens is 2. The Morgan fingerprint density at radius 1 is 0.841 bits per heavy atom. The SMILES string of the molecule is O=C(NCc1ccccc1)C(=O)[C@H](C[C@@H]1CCCC1=O)NC(=O)[C@@H](CC(=O)c1cnc2ccccc2n1)CC1CCCCC1. The summed E-state index contributed by atoms with van der Waals surface area (Å²) < 4.78 is 0. The largest absolute Gasteiger partial charge is 0.345 e. The number of ketones is 3. The molecule has 0 radical (unpaired) electrons. The lowest BCUT2D eigenvalue weighted by Gasteiger charge is -2.27. The minimum Gasteiger partial charge on any atom is -0.345 e. The lowest BCUT2D eigenvalue weighted by Crippen LogP contribution is -2.50. The Labute approximate surface area is 257 Å². The Kier molecular flexibility index (Phi) is 10.6. The van der Waals surface area contributed by atoms with E-state index in [1.165, 1.54) is 6.20 Å². The van der Waals surface area contributed by atoms with Crippen LogP contribution in [0.15, 0.2) is 60.8 Å². The smallest absolute Gasteiger partial charge is 0.289 e. The Balaban J connectivity index is 1.33. The zero-order valence-electron chi connectivity index (χ0n) is 25.0. The molecule has 44 heavy (non-hydrogen) atoms. The van der Waals surface area contributed by atoms with Crippen molar-refractivity contribution in [3.63, 3.8) is 0 Å². The van der Waals surface area contributed by atoms with Crippen LogP contribution in [0.5, 0.6) is 0 Å². The van der Waals surface area contributed by atoms with Crippen molar-refractivity contribution >= 4 is 40.2 Å². The highest BCUT2D eigenvalue weighted by molar-refractivity contribution is 6.38. The standard InChI is InChI=1S/C35H40N4O5/c40-31-17-9-14-25(31)19-29(33(42)35(44)37-21-24-12-5-2-6-13-24)39-34(43)26(18-23-10-3-1-4-11-23)20-32(41)30-22-36-27-15-7-8-16-28(27)38-30/h2,5-8,12-13,15-16,22-23,25-26,29H,1,3-4,9-11,14,17-21H2,(H,37,44)(H,39,43)/t25-,26+,29-/m0/s1.